The Labute approximate surface area is 154 Å². The average Bonchev–Trinajstić information content (AvgIpc) is 3.17. The number of aromatic amines is 1. The predicted molar refractivity (Wildman–Crippen MR) is 101 cm³/mol. The highest BCUT2D eigenvalue weighted by atomic mass is 32.2. The predicted octanol–water partition coefficient (Wildman–Crippen LogP) is 1.59. The molecule has 0 unspecified atom stereocenters. The first-order valence-electron chi connectivity index (χ1n) is 9.22. The molecule has 26 heavy (non-hydrogen) atoms. The van der Waals surface area contributed by atoms with Crippen LogP contribution in [-0.2, 0) is 10.2 Å². The van der Waals surface area contributed by atoms with Crippen LogP contribution in [0.3, 0.4) is 0 Å². The van der Waals surface area contributed by atoms with Gasteiger partial charge in [0.25, 0.3) is 10.2 Å². The lowest BCUT2D eigenvalue weighted by molar-refractivity contribution is 0.236. The summed E-state index contributed by atoms with van der Waals surface area (Å²) >= 11 is 0. The second-order valence-electron chi connectivity index (χ2n) is 7.46. The van der Waals surface area contributed by atoms with E-state index in [1.807, 2.05) is 33.0 Å². The van der Waals surface area contributed by atoms with Gasteiger partial charge in [-0.25, -0.2) is 9.97 Å². The van der Waals surface area contributed by atoms with Gasteiger partial charge < -0.3 is 9.88 Å². The first-order valence-corrected chi connectivity index (χ1v) is 10.6. The third-order valence-corrected chi connectivity index (χ3v) is 7.91. The van der Waals surface area contributed by atoms with Gasteiger partial charge in [-0.2, -0.15) is 17.0 Å². The van der Waals surface area contributed by atoms with Gasteiger partial charge in [-0.1, -0.05) is 6.92 Å². The average molecular weight is 379 g/mol. The summed E-state index contributed by atoms with van der Waals surface area (Å²) in [6.45, 7) is 8.05. The van der Waals surface area contributed by atoms with Crippen LogP contribution in [-0.4, -0.2) is 69.7 Å². The minimum Gasteiger partial charge on any atom is -0.353 e. The Balaban J connectivity index is 1.63. The van der Waals surface area contributed by atoms with E-state index in [0.29, 0.717) is 26.2 Å². The molecule has 1 spiro atoms. The van der Waals surface area contributed by atoms with Gasteiger partial charge >= 0.3 is 0 Å². The molecular weight excluding hydrogens is 352 g/mol. The van der Waals surface area contributed by atoms with Crippen molar-refractivity contribution in [2.24, 2.45) is 0 Å². The van der Waals surface area contributed by atoms with Crippen molar-refractivity contribution in [2.75, 3.05) is 31.1 Å². The Morgan fingerprint density at radius 2 is 2.08 bits per heavy atom. The molecule has 4 rings (SSSR count). The quantitative estimate of drug-likeness (QED) is 0.854. The van der Waals surface area contributed by atoms with E-state index in [0.717, 1.165) is 29.7 Å². The van der Waals surface area contributed by atoms with E-state index < -0.39 is 10.2 Å². The van der Waals surface area contributed by atoms with Gasteiger partial charge in [0.05, 0.1) is 10.9 Å². The zero-order valence-corrected chi connectivity index (χ0v) is 16.3. The van der Waals surface area contributed by atoms with Crippen LogP contribution in [0.25, 0.3) is 11.0 Å². The van der Waals surface area contributed by atoms with Gasteiger partial charge in [0.15, 0.2) is 0 Å². The number of aromatic nitrogens is 3. The number of nitrogens with one attached hydrogen (secondary N) is 1. The van der Waals surface area contributed by atoms with Gasteiger partial charge in [0, 0.05) is 38.4 Å². The Morgan fingerprint density at radius 3 is 2.73 bits per heavy atom. The van der Waals surface area contributed by atoms with Crippen LogP contribution >= 0.6 is 0 Å². The Bertz CT molecular complexity index is 905. The van der Waals surface area contributed by atoms with Crippen LogP contribution in [0.4, 0.5) is 5.82 Å². The molecule has 1 N–H and O–H groups in total. The number of nitrogens with zero attached hydrogens (tertiary/aromatic N) is 5. The maximum absolute atomic E-state index is 13.2. The van der Waals surface area contributed by atoms with Crippen molar-refractivity contribution in [3.8, 4) is 0 Å². The van der Waals surface area contributed by atoms with Crippen LogP contribution in [0.5, 0.6) is 0 Å². The Morgan fingerprint density at radius 1 is 1.31 bits per heavy atom. The van der Waals surface area contributed by atoms with Crippen LogP contribution in [0.15, 0.2) is 18.6 Å². The Kier molecular flexibility index (Phi) is 4.20. The number of anilines is 1. The number of rotatable bonds is 5. The highest BCUT2D eigenvalue weighted by Gasteiger charge is 2.57. The van der Waals surface area contributed by atoms with Crippen LogP contribution < -0.4 is 4.90 Å². The topological polar surface area (TPSA) is 85.4 Å². The monoisotopic (exact) mass is 378 g/mol. The van der Waals surface area contributed by atoms with Gasteiger partial charge in [-0.05, 0) is 32.8 Å². The third kappa shape index (κ3) is 2.69. The lowest BCUT2D eigenvalue weighted by Crippen LogP contribution is -2.61. The molecule has 1 aliphatic heterocycles. The zero-order chi connectivity index (χ0) is 18.5. The summed E-state index contributed by atoms with van der Waals surface area (Å²) in [7, 11) is -3.45. The summed E-state index contributed by atoms with van der Waals surface area (Å²) in [4.78, 5) is 14.1. The highest BCUT2D eigenvalue weighted by Crippen LogP contribution is 2.47. The fraction of sp³-hybridized carbons (Fsp3) is 0.647. The minimum absolute atomic E-state index is 0.0415. The van der Waals surface area contributed by atoms with Crippen LogP contribution in [0, 0.1) is 0 Å². The largest absolute Gasteiger partial charge is 0.353 e. The summed E-state index contributed by atoms with van der Waals surface area (Å²) in [6.07, 6.45) is 5.23. The fourth-order valence-corrected chi connectivity index (χ4v) is 6.24. The molecule has 142 valence electrons. The normalized spacial score (nSPS) is 20.6. The molecule has 0 atom stereocenters. The molecule has 8 nitrogen and oxygen atoms in total. The first kappa shape index (κ1) is 17.7. The van der Waals surface area contributed by atoms with Crippen LogP contribution in [0.1, 0.15) is 33.6 Å². The summed E-state index contributed by atoms with van der Waals surface area (Å²) in [5.41, 5.74) is 0.513. The standard InChI is InChI=1S/C17H26N6O2S/c1-4-22(13(2)3)26(24,25)23-10-9-21(11-17(23)6-7-17)16-14-5-8-18-15(14)19-12-20-16/h5,8,12-13H,4,6-7,9-11H2,1-3H3,(H,18,19,20). The number of H-pyrrole nitrogens is 1. The van der Waals surface area contributed by atoms with Gasteiger partial charge in [0.1, 0.15) is 17.8 Å². The SMILES string of the molecule is CCN(C(C)C)S(=O)(=O)N1CCN(c2ncnc3[nH]ccc23)CC12CC2. The van der Waals surface area contributed by atoms with Gasteiger partial charge in [-0.3, -0.25) is 0 Å². The molecular formula is C17H26N6O2S. The third-order valence-electron chi connectivity index (χ3n) is 5.51. The van der Waals surface area contributed by atoms with Crippen molar-refractivity contribution in [1.82, 2.24) is 23.6 Å². The molecule has 9 heteroatoms. The molecule has 0 radical (unpaired) electrons. The van der Waals surface area contributed by atoms with E-state index in [-0.39, 0.29) is 11.6 Å². The summed E-state index contributed by atoms with van der Waals surface area (Å²) in [6, 6.07) is 1.94. The number of hydrogen-bond acceptors (Lipinski definition) is 5. The van der Waals surface area contributed by atoms with E-state index in [9.17, 15) is 8.42 Å². The molecule has 2 aliphatic rings. The number of fused-ring (bicyclic) bond motifs is 1. The van der Waals surface area contributed by atoms with Crippen LogP contribution in [0.2, 0.25) is 0 Å². The lowest BCUT2D eigenvalue weighted by Gasteiger charge is -2.44. The van der Waals surface area contributed by atoms with E-state index in [1.54, 1.807) is 14.9 Å². The Hall–Kier alpha value is -1.71. The van der Waals surface area contributed by atoms with Crippen molar-refractivity contribution >= 4 is 27.1 Å². The molecule has 2 aromatic heterocycles. The van der Waals surface area contributed by atoms with E-state index >= 15 is 0 Å². The summed E-state index contributed by atoms with van der Waals surface area (Å²) in [5.74, 6) is 0.885. The lowest BCUT2D eigenvalue weighted by atomic mass is 10.2. The van der Waals surface area contributed by atoms with Crippen molar-refractivity contribution in [3.63, 3.8) is 0 Å². The first-order chi connectivity index (χ1) is 12.4. The minimum atomic E-state index is -3.45. The second kappa shape index (κ2) is 6.17. The second-order valence-corrected chi connectivity index (χ2v) is 9.27. The van der Waals surface area contributed by atoms with E-state index in [2.05, 4.69) is 19.9 Å². The molecule has 0 bridgehead atoms. The van der Waals surface area contributed by atoms with E-state index in [1.165, 1.54) is 0 Å². The summed E-state index contributed by atoms with van der Waals surface area (Å²) in [5, 5.41) is 0.983. The van der Waals surface area contributed by atoms with E-state index in [4.69, 9.17) is 0 Å². The van der Waals surface area contributed by atoms with Gasteiger partial charge in [-0.15, -0.1) is 0 Å². The molecule has 3 heterocycles. The maximum Gasteiger partial charge on any atom is 0.282 e. The molecule has 1 saturated heterocycles. The van der Waals surface area contributed by atoms with Crippen molar-refractivity contribution in [1.29, 1.82) is 0 Å². The molecule has 2 fully saturated rings. The molecule has 0 amide bonds. The zero-order valence-electron chi connectivity index (χ0n) is 15.5. The maximum atomic E-state index is 13.2. The summed E-state index contributed by atoms with van der Waals surface area (Å²) < 4.78 is 29.8. The number of piperazine rings is 1. The fourth-order valence-electron chi connectivity index (χ4n) is 4.09. The van der Waals surface area contributed by atoms with Crippen molar-refractivity contribution in [3.05, 3.63) is 18.6 Å². The van der Waals surface area contributed by atoms with Gasteiger partial charge in [0.2, 0.25) is 0 Å². The molecule has 0 aromatic carbocycles. The molecule has 2 aromatic rings. The smallest absolute Gasteiger partial charge is 0.282 e. The number of hydrogen-bond donors (Lipinski definition) is 1. The van der Waals surface area contributed by atoms with Crippen molar-refractivity contribution < 1.29 is 8.42 Å². The van der Waals surface area contributed by atoms with Crippen molar-refractivity contribution in [2.45, 2.75) is 45.2 Å². The molecule has 1 saturated carbocycles. The molecule has 1 aliphatic carbocycles. The highest BCUT2D eigenvalue weighted by molar-refractivity contribution is 7.86.